The molecule has 8 heteroatoms. The van der Waals surface area contributed by atoms with Crippen molar-refractivity contribution in [1.82, 2.24) is 9.55 Å². The van der Waals surface area contributed by atoms with Crippen LogP contribution in [0.1, 0.15) is 31.9 Å². The number of amides is 2. The van der Waals surface area contributed by atoms with Crippen LogP contribution in [0.2, 0.25) is 0 Å². The topological polar surface area (TPSA) is 84.3 Å². The van der Waals surface area contributed by atoms with Crippen molar-refractivity contribution in [1.29, 1.82) is 0 Å². The maximum atomic E-state index is 13.6. The Hall–Kier alpha value is -3.91. The molecule has 1 aromatic heterocycles. The molecule has 0 unspecified atom stereocenters. The van der Waals surface area contributed by atoms with E-state index in [2.05, 4.69) is 5.32 Å². The van der Waals surface area contributed by atoms with Crippen LogP contribution in [-0.2, 0) is 9.59 Å². The molecule has 3 aromatic carbocycles. The van der Waals surface area contributed by atoms with Crippen molar-refractivity contribution in [2.75, 3.05) is 16.0 Å². The van der Waals surface area contributed by atoms with Gasteiger partial charge in [0.25, 0.3) is 5.56 Å². The Bertz CT molecular complexity index is 1500. The van der Waals surface area contributed by atoms with Crippen molar-refractivity contribution >= 4 is 45.9 Å². The standard InChI is InChI=1S/C28H26N4O3S/c1-18-16-25(33)29-23-14-8-9-15-24(23)31(18)26(34)17-36-28-30-22-13-7-6-12-21(22)27(35)32(28)19(2)20-10-4-3-5-11-20/h3-15,18-19H,16-17H2,1-2H3,(H,29,33)/t18-,19-/m0/s1. The highest BCUT2D eigenvalue weighted by Crippen LogP contribution is 2.32. The van der Waals surface area contributed by atoms with Crippen molar-refractivity contribution in [2.24, 2.45) is 0 Å². The molecule has 5 rings (SSSR count). The lowest BCUT2D eigenvalue weighted by Gasteiger charge is -2.28. The van der Waals surface area contributed by atoms with Gasteiger partial charge in [0.2, 0.25) is 11.8 Å². The predicted molar refractivity (Wildman–Crippen MR) is 144 cm³/mol. The SMILES string of the molecule is C[C@H]1CC(=O)Nc2ccccc2N1C(=O)CSc1nc2ccccc2c(=O)n1[C@@H](C)c1ccccc1. The molecule has 2 atom stereocenters. The summed E-state index contributed by atoms with van der Waals surface area (Å²) in [4.78, 5) is 45.9. The lowest BCUT2D eigenvalue weighted by molar-refractivity contribution is -0.117. The van der Waals surface area contributed by atoms with Crippen molar-refractivity contribution < 1.29 is 9.59 Å². The number of para-hydroxylation sites is 3. The average Bonchev–Trinajstić information content (AvgIpc) is 3.01. The zero-order valence-electron chi connectivity index (χ0n) is 20.0. The number of fused-ring (bicyclic) bond motifs is 2. The first-order valence-corrected chi connectivity index (χ1v) is 12.8. The third-order valence-corrected chi connectivity index (χ3v) is 7.33. The van der Waals surface area contributed by atoms with E-state index in [-0.39, 0.29) is 41.6 Å². The summed E-state index contributed by atoms with van der Waals surface area (Å²) in [6, 6.07) is 23.8. The number of aromatic nitrogens is 2. The number of hydrogen-bond donors (Lipinski definition) is 1. The Balaban J connectivity index is 1.51. The molecule has 1 aliphatic heterocycles. The molecule has 1 N–H and O–H groups in total. The summed E-state index contributed by atoms with van der Waals surface area (Å²) in [5, 5.41) is 3.90. The molecular weight excluding hydrogens is 472 g/mol. The number of anilines is 2. The molecule has 2 heterocycles. The molecule has 36 heavy (non-hydrogen) atoms. The van der Waals surface area contributed by atoms with Crippen molar-refractivity contribution in [2.45, 2.75) is 37.5 Å². The van der Waals surface area contributed by atoms with Gasteiger partial charge in [0.1, 0.15) is 0 Å². The summed E-state index contributed by atoms with van der Waals surface area (Å²) in [6.07, 6.45) is 0.203. The van der Waals surface area contributed by atoms with Gasteiger partial charge in [-0.15, -0.1) is 0 Å². The van der Waals surface area contributed by atoms with Crippen LogP contribution in [0.15, 0.2) is 88.8 Å². The molecule has 0 aliphatic carbocycles. The molecule has 0 bridgehead atoms. The molecular formula is C28H26N4O3S. The number of rotatable bonds is 5. The zero-order valence-corrected chi connectivity index (χ0v) is 20.9. The van der Waals surface area contributed by atoms with Gasteiger partial charge in [0, 0.05) is 12.5 Å². The summed E-state index contributed by atoms with van der Waals surface area (Å²) in [5.41, 5.74) is 2.71. The van der Waals surface area contributed by atoms with Gasteiger partial charge in [-0.1, -0.05) is 66.4 Å². The van der Waals surface area contributed by atoms with Crippen LogP contribution in [-0.4, -0.2) is 33.2 Å². The molecule has 1 aliphatic rings. The molecule has 0 fully saturated rings. The van der Waals surface area contributed by atoms with E-state index in [4.69, 9.17) is 4.98 Å². The normalized spacial score (nSPS) is 16.2. The van der Waals surface area contributed by atoms with Crippen molar-refractivity contribution in [3.05, 3.63) is 94.8 Å². The van der Waals surface area contributed by atoms with E-state index in [1.54, 1.807) is 21.6 Å². The van der Waals surface area contributed by atoms with Gasteiger partial charge in [-0.3, -0.25) is 19.0 Å². The summed E-state index contributed by atoms with van der Waals surface area (Å²) in [6.45, 7) is 3.83. The van der Waals surface area contributed by atoms with Crippen LogP contribution in [0.3, 0.4) is 0 Å². The fourth-order valence-electron chi connectivity index (χ4n) is 4.61. The highest BCUT2D eigenvalue weighted by atomic mass is 32.2. The maximum Gasteiger partial charge on any atom is 0.262 e. The van der Waals surface area contributed by atoms with Crippen LogP contribution in [0.25, 0.3) is 10.9 Å². The third-order valence-electron chi connectivity index (χ3n) is 6.40. The van der Waals surface area contributed by atoms with E-state index in [0.717, 1.165) is 5.56 Å². The Morgan fingerprint density at radius 3 is 2.53 bits per heavy atom. The lowest BCUT2D eigenvalue weighted by atomic mass is 10.1. The first-order valence-electron chi connectivity index (χ1n) is 11.8. The number of carbonyl (C=O) groups is 2. The second kappa shape index (κ2) is 9.99. The van der Waals surface area contributed by atoms with E-state index < -0.39 is 0 Å². The average molecular weight is 499 g/mol. The summed E-state index contributed by atoms with van der Waals surface area (Å²) in [5.74, 6) is -0.212. The van der Waals surface area contributed by atoms with Crippen LogP contribution >= 0.6 is 11.8 Å². The third kappa shape index (κ3) is 4.52. The van der Waals surface area contributed by atoms with Gasteiger partial charge in [0.05, 0.1) is 34.1 Å². The second-order valence-electron chi connectivity index (χ2n) is 8.84. The van der Waals surface area contributed by atoms with E-state index in [0.29, 0.717) is 27.4 Å². The largest absolute Gasteiger partial charge is 0.324 e. The predicted octanol–water partition coefficient (Wildman–Crippen LogP) is 4.86. The van der Waals surface area contributed by atoms with Gasteiger partial charge in [-0.25, -0.2) is 4.98 Å². The minimum absolute atomic E-state index is 0.0686. The molecule has 4 aromatic rings. The lowest BCUT2D eigenvalue weighted by Crippen LogP contribution is -2.40. The van der Waals surface area contributed by atoms with Gasteiger partial charge in [0.15, 0.2) is 5.16 Å². The Morgan fingerprint density at radius 1 is 1.03 bits per heavy atom. The highest BCUT2D eigenvalue weighted by molar-refractivity contribution is 7.99. The van der Waals surface area contributed by atoms with Crippen molar-refractivity contribution in [3.8, 4) is 0 Å². The number of nitrogens with one attached hydrogen (secondary N) is 1. The van der Waals surface area contributed by atoms with Gasteiger partial charge in [-0.05, 0) is 43.7 Å². The van der Waals surface area contributed by atoms with Crippen LogP contribution < -0.4 is 15.8 Å². The van der Waals surface area contributed by atoms with E-state index in [9.17, 15) is 14.4 Å². The molecule has 182 valence electrons. The first-order chi connectivity index (χ1) is 17.4. The monoisotopic (exact) mass is 498 g/mol. The highest BCUT2D eigenvalue weighted by Gasteiger charge is 2.30. The molecule has 7 nitrogen and oxygen atoms in total. The zero-order chi connectivity index (χ0) is 25.2. The van der Waals surface area contributed by atoms with E-state index in [1.165, 1.54) is 11.8 Å². The number of hydrogen-bond acceptors (Lipinski definition) is 5. The smallest absolute Gasteiger partial charge is 0.262 e. The van der Waals surface area contributed by atoms with Crippen molar-refractivity contribution in [3.63, 3.8) is 0 Å². The summed E-state index contributed by atoms with van der Waals surface area (Å²) < 4.78 is 1.67. The molecule has 0 saturated carbocycles. The number of carbonyl (C=O) groups excluding carboxylic acids is 2. The Labute approximate surface area is 213 Å². The Morgan fingerprint density at radius 2 is 1.72 bits per heavy atom. The van der Waals surface area contributed by atoms with E-state index >= 15 is 0 Å². The van der Waals surface area contributed by atoms with Gasteiger partial charge >= 0.3 is 0 Å². The summed E-state index contributed by atoms with van der Waals surface area (Å²) >= 11 is 1.24. The minimum Gasteiger partial charge on any atom is -0.324 e. The molecule has 0 spiro atoms. The minimum atomic E-state index is -0.309. The first kappa shape index (κ1) is 23.8. The van der Waals surface area contributed by atoms with Gasteiger partial charge < -0.3 is 10.2 Å². The summed E-state index contributed by atoms with van der Waals surface area (Å²) in [7, 11) is 0. The number of thioether (sulfide) groups is 1. The quantitative estimate of drug-likeness (QED) is 0.314. The molecule has 0 saturated heterocycles. The fourth-order valence-corrected chi connectivity index (χ4v) is 5.55. The fraction of sp³-hybridized carbons (Fsp3) is 0.214. The van der Waals surface area contributed by atoms with Gasteiger partial charge in [-0.2, -0.15) is 0 Å². The molecule has 2 amide bonds. The number of benzene rings is 3. The molecule has 0 radical (unpaired) electrons. The second-order valence-corrected chi connectivity index (χ2v) is 9.79. The van der Waals surface area contributed by atoms with Crippen LogP contribution in [0, 0.1) is 0 Å². The Kier molecular flexibility index (Phi) is 6.61. The van der Waals surface area contributed by atoms with Crippen LogP contribution in [0.4, 0.5) is 11.4 Å². The van der Waals surface area contributed by atoms with Crippen LogP contribution in [0.5, 0.6) is 0 Å². The maximum absolute atomic E-state index is 13.6. The van der Waals surface area contributed by atoms with E-state index in [1.807, 2.05) is 80.6 Å². The number of nitrogens with zero attached hydrogens (tertiary/aromatic N) is 3.